The van der Waals surface area contributed by atoms with Gasteiger partial charge in [0.1, 0.15) is 5.82 Å². The van der Waals surface area contributed by atoms with Crippen molar-refractivity contribution in [2.45, 2.75) is 13.3 Å². The smallest absolute Gasteiger partial charge is 0.341 e. The highest BCUT2D eigenvalue weighted by Gasteiger charge is 2.30. The Morgan fingerprint density at radius 2 is 1.74 bits per heavy atom. The number of pyridine rings is 2. The molecule has 14 heteroatoms. The van der Waals surface area contributed by atoms with Gasteiger partial charge in [-0.15, -0.1) is 0 Å². The van der Waals surface area contributed by atoms with Crippen molar-refractivity contribution in [3.05, 3.63) is 76.2 Å². The van der Waals surface area contributed by atoms with E-state index in [0.717, 1.165) is 13.2 Å². The highest BCUT2D eigenvalue weighted by molar-refractivity contribution is 8.66. The van der Waals surface area contributed by atoms with E-state index in [1.54, 1.807) is 34.4 Å². The Balaban J connectivity index is 1.95. The van der Waals surface area contributed by atoms with Gasteiger partial charge < -0.3 is 4.90 Å². The van der Waals surface area contributed by atoms with Crippen LogP contribution in [0.2, 0.25) is 5.02 Å². The van der Waals surface area contributed by atoms with Crippen LogP contribution in [0.25, 0.3) is 0 Å². The number of hydrogen-bond acceptors (Lipinski definition) is 7. The van der Waals surface area contributed by atoms with Crippen LogP contribution in [0.15, 0.2) is 42.9 Å². The van der Waals surface area contributed by atoms with E-state index in [0.29, 0.717) is 16.8 Å². The van der Waals surface area contributed by atoms with Crippen molar-refractivity contribution in [2.75, 3.05) is 23.7 Å². The van der Waals surface area contributed by atoms with Crippen molar-refractivity contribution in [1.29, 1.82) is 0 Å². The Labute approximate surface area is 200 Å². The van der Waals surface area contributed by atoms with Gasteiger partial charge in [-0.05, 0) is 54.9 Å². The third-order valence-corrected chi connectivity index (χ3v) is 9.28. The van der Waals surface area contributed by atoms with E-state index in [1.165, 1.54) is 30.6 Å². The molecule has 2 aromatic heterocycles. The van der Waals surface area contributed by atoms with E-state index in [4.69, 9.17) is 11.6 Å². The van der Waals surface area contributed by atoms with Gasteiger partial charge in [-0.3, -0.25) is 9.71 Å². The molecule has 3 aromatic rings. The van der Waals surface area contributed by atoms with Gasteiger partial charge in [0.15, 0.2) is 11.6 Å². The molecule has 2 N–H and O–H groups in total. The lowest BCUT2D eigenvalue weighted by Crippen LogP contribution is -2.33. The van der Waals surface area contributed by atoms with Gasteiger partial charge >= 0.3 is 18.1 Å². The molecule has 34 heavy (non-hydrogen) atoms. The molecule has 0 spiro atoms. The molecule has 0 aliphatic rings. The zero-order valence-corrected chi connectivity index (χ0v) is 20.6. The predicted octanol–water partition coefficient (Wildman–Crippen LogP) is 3.28. The highest BCUT2D eigenvalue weighted by atomic mass is 35.5. The second-order valence-electron chi connectivity index (χ2n) is 7.12. The summed E-state index contributed by atoms with van der Waals surface area (Å²) in [7, 11) is -7.23. The van der Waals surface area contributed by atoms with Crippen molar-refractivity contribution in [1.82, 2.24) is 14.7 Å². The van der Waals surface area contributed by atoms with Gasteiger partial charge in [0, 0.05) is 30.9 Å². The van der Waals surface area contributed by atoms with Crippen molar-refractivity contribution in [2.24, 2.45) is 0 Å². The maximum atomic E-state index is 15.0. The number of benzene rings is 1. The number of anilines is 3. The van der Waals surface area contributed by atoms with Gasteiger partial charge in [0.25, 0.3) is 0 Å². The first-order valence-electron chi connectivity index (χ1n) is 9.60. The molecule has 0 bridgehead atoms. The fraction of sp³-hybridized carbons (Fsp3) is 0.200. The van der Waals surface area contributed by atoms with Gasteiger partial charge in [0.05, 0.1) is 17.6 Å². The quantitative estimate of drug-likeness (QED) is 0.428. The van der Waals surface area contributed by atoms with Crippen LogP contribution in [0.4, 0.5) is 26.0 Å². The van der Waals surface area contributed by atoms with Gasteiger partial charge in [-0.1, -0.05) is 11.6 Å². The minimum absolute atomic E-state index is 0.0223. The van der Waals surface area contributed by atoms with Crippen LogP contribution >= 0.6 is 11.6 Å². The Hall–Kier alpha value is -2.87. The Morgan fingerprint density at radius 1 is 1.03 bits per heavy atom. The predicted molar refractivity (Wildman–Crippen MR) is 126 cm³/mol. The second kappa shape index (κ2) is 9.78. The minimum atomic E-state index is -4.99. The van der Waals surface area contributed by atoms with E-state index in [9.17, 15) is 21.2 Å². The summed E-state index contributed by atoms with van der Waals surface area (Å²) in [5, 5.41) is 0.250. The molecule has 182 valence electrons. The number of rotatable bonds is 8. The molecule has 3 rings (SSSR count). The van der Waals surface area contributed by atoms with E-state index >= 15 is 4.39 Å². The van der Waals surface area contributed by atoms with E-state index in [1.807, 2.05) is 0 Å². The third kappa shape index (κ3) is 5.12. The van der Waals surface area contributed by atoms with Crippen LogP contribution in [-0.2, 0) is 24.5 Å². The fourth-order valence-corrected chi connectivity index (χ4v) is 5.23. The summed E-state index contributed by atoms with van der Waals surface area (Å²) in [5.74, 6) is -2.34. The number of halogens is 3. The summed E-state index contributed by atoms with van der Waals surface area (Å²) < 4.78 is 80.1. The van der Waals surface area contributed by atoms with Gasteiger partial charge in [-0.25, -0.2) is 18.5 Å². The van der Waals surface area contributed by atoms with Gasteiger partial charge in [-0.2, -0.15) is 16.8 Å². The Bertz CT molecular complexity index is 1450. The van der Waals surface area contributed by atoms with Crippen LogP contribution in [0, 0.1) is 18.6 Å². The summed E-state index contributed by atoms with van der Waals surface area (Å²) in [4.78, 5) is 9.34. The summed E-state index contributed by atoms with van der Waals surface area (Å²) in [6.45, 7) is 1.75. The Kier molecular flexibility index (Phi) is 7.41. The molecule has 0 radical (unpaired) electrons. The topological polar surface area (TPSA) is 121 Å². The van der Waals surface area contributed by atoms with Crippen molar-refractivity contribution >= 4 is 46.9 Å². The molecule has 0 unspecified atom stereocenters. The summed E-state index contributed by atoms with van der Waals surface area (Å²) in [5.41, 5.74) is 2.08. The molecule has 0 aliphatic heterocycles. The maximum Gasteiger partial charge on any atom is 0.354 e. The number of aromatic nitrogens is 2. The zero-order chi connectivity index (χ0) is 25.3. The van der Waals surface area contributed by atoms with Crippen LogP contribution in [0.1, 0.15) is 16.7 Å². The van der Waals surface area contributed by atoms with E-state index in [2.05, 4.69) is 9.97 Å². The standard InChI is InChI=1S/C20H20ClF2N5O4S2/c1-12-14(10-25-11-18(12)28(3)17-5-4-15(21)9-16(17)22)8-13-6-7-26-20(19(13)23)27-34(31,32)33(29,30)24-2/h4-7,9-11,24H,8H2,1-3H3,(H,26,27). The average molecular weight is 532 g/mol. The molecule has 0 aliphatic carbocycles. The second-order valence-corrected chi connectivity index (χ2v) is 12.6. The lowest BCUT2D eigenvalue weighted by atomic mass is 10.0. The van der Waals surface area contributed by atoms with Crippen molar-refractivity contribution in [3.63, 3.8) is 0 Å². The first-order chi connectivity index (χ1) is 15.9. The molecular weight excluding hydrogens is 512 g/mol. The maximum absolute atomic E-state index is 15.0. The molecule has 0 atom stereocenters. The third-order valence-electron chi connectivity index (χ3n) is 5.04. The molecule has 0 amide bonds. The number of hydrogen-bond donors (Lipinski definition) is 2. The van der Waals surface area contributed by atoms with Gasteiger partial charge in [0.2, 0.25) is 0 Å². The zero-order valence-electron chi connectivity index (χ0n) is 18.2. The minimum Gasteiger partial charge on any atom is -0.341 e. The molecular formula is C20H20ClF2N5O4S2. The van der Waals surface area contributed by atoms with Crippen LogP contribution in [-0.4, -0.2) is 40.9 Å². The molecule has 0 saturated heterocycles. The molecule has 0 saturated carbocycles. The first kappa shape index (κ1) is 25.7. The monoisotopic (exact) mass is 531 g/mol. The Morgan fingerprint density at radius 3 is 2.38 bits per heavy atom. The summed E-state index contributed by atoms with van der Waals surface area (Å²) in [6, 6.07) is 5.58. The van der Waals surface area contributed by atoms with Crippen molar-refractivity contribution < 1.29 is 25.6 Å². The summed E-state index contributed by atoms with van der Waals surface area (Å²) in [6.07, 6.45) is 4.15. The molecule has 2 heterocycles. The summed E-state index contributed by atoms with van der Waals surface area (Å²) >= 11 is 5.82. The highest BCUT2D eigenvalue weighted by Crippen LogP contribution is 2.32. The normalized spacial score (nSPS) is 11.9. The fourth-order valence-electron chi connectivity index (χ4n) is 3.13. The molecule has 0 fully saturated rings. The largest absolute Gasteiger partial charge is 0.354 e. The molecule has 1 aromatic carbocycles. The lowest BCUT2D eigenvalue weighted by Gasteiger charge is -2.23. The number of nitrogens with one attached hydrogen (secondary N) is 2. The van der Waals surface area contributed by atoms with Crippen LogP contribution in [0.3, 0.4) is 0 Å². The van der Waals surface area contributed by atoms with E-state index < -0.39 is 35.6 Å². The van der Waals surface area contributed by atoms with Crippen molar-refractivity contribution in [3.8, 4) is 0 Å². The number of nitrogens with zero attached hydrogens (tertiary/aromatic N) is 3. The first-order valence-corrected chi connectivity index (χ1v) is 13.5. The lowest BCUT2D eigenvalue weighted by molar-refractivity contribution is 0.579. The van der Waals surface area contributed by atoms with Crippen LogP contribution < -0.4 is 14.3 Å². The SMILES string of the molecule is CNS(=O)(=O)S(=O)(=O)Nc1nccc(Cc2cncc(N(C)c3ccc(Cl)cc3F)c2C)c1F. The van der Waals surface area contributed by atoms with E-state index in [-0.39, 0.29) is 22.7 Å². The van der Waals surface area contributed by atoms with Crippen LogP contribution in [0.5, 0.6) is 0 Å². The molecule has 9 nitrogen and oxygen atoms in total. The average Bonchev–Trinajstić information content (AvgIpc) is 2.77.